The average Bonchev–Trinajstić information content (AvgIpc) is 2.51. The average molecular weight is 185 g/mol. The normalized spacial score (nSPS) is 33.9. The van der Waals surface area contributed by atoms with Crippen molar-refractivity contribution in [2.45, 2.75) is 24.8 Å². The van der Waals surface area contributed by atoms with Crippen LogP contribution in [0, 0.1) is 5.92 Å². The molecule has 1 heteroatoms. The van der Waals surface area contributed by atoms with E-state index in [2.05, 4.69) is 36.4 Å². The maximum atomic E-state index is 6.52. The summed E-state index contributed by atoms with van der Waals surface area (Å²) in [4.78, 5) is 0. The SMILES string of the molecule is N[C@@]12CC=CC[C@@H]1Cc1ccccc12. The lowest BCUT2D eigenvalue weighted by Gasteiger charge is -2.33. The Labute approximate surface area is 84.6 Å². The summed E-state index contributed by atoms with van der Waals surface area (Å²) in [5, 5.41) is 0. The maximum absolute atomic E-state index is 6.52. The number of fused-ring (bicyclic) bond motifs is 3. The molecule has 0 fully saturated rings. The van der Waals surface area contributed by atoms with Gasteiger partial charge in [-0.15, -0.1) is 0 Å². The molecule has 0 amide bonds. The molecule has 0 bridgehead atoms. The quantitative estimate of drug-likeness (QED) is 0.617. The van der Waals surface area contributed by atoms with Crippen molar-refractivity contribution in [3.05, 3.63) is 47.5 Å². The van der Waals surface area contributed by atoms with Gasteiger partial charge in [0.25, 0.3) is 0 Å². The molecule has 0 saturated carbocycles. The smallest absolute Gasteiger partial charge is 0.0481 e. The van der Waals surface area contributed by atoms with Crippen molar-refractivity contribution >= 4 is 0 Å². The number of nitrogens with two attached hydrogens (primary N) is 1. The van der Waals surface area contributed by atoms with Crippen LogP contribution in [0.3, 0.4) is 0 Å². The lowest BCUT2D eigenvalue weighted by Crippen LogP contribution is -2.42. The third kappa shape index (κ3) is 0.934. The molecule has 1 aromatic rings. The van der Waals surface area contributed by atoms with Crippen molar-refractivity contribution in [3.8, 4) is 0 Å². The largest absolute Gasteiger partial charge is 0.321 e. The van der Waals surface area contributed by atoms with E-state index in [0.717, 1.165) is 19.3 Å². The molecule has 2 aliphatic rings. The predicted molar refractivity (Wildman–Crippen MR) is 57.9 cm³/mol. The first kappa shape index (κ1) is 8.25. The van der Waals surface area contributed by atoms with Gasteiger partial charge in [0.1, 0.15) is 0 Å². The standard InChI is InChI=1S/C13H15N/c14-13-8-4-3-6-11(13)9-10-5-1-2-7-12(10)13/h1-5,7,11H,6,8-9,14H2/t11-,13+/m1/s1. The van der Waals surface area contributed by atoms with Crippen LogP contribution in [0.1, 0.15) is 24.0 Å². The Morgan fingerprint density at radius 1 is 1.21 bits per heavy atom. The zero-order chi connectivity index (χ0) is 9.60. The summed E-state index contributed by atoms with van der Waals surface area (Å²) in [5.74, 6) is 0.630. The van der Waals surface area contributed by atoms with Gasteiger partial charge in [-0.2, -0.15) is 0 Å². The molecule has 0 spiro atoms. The lowest BCUT2D eigenvalue weighted by atomic mass is 9.77. The van der Waals surface area contributed by atoms with Gasteiger partial charge in [0.15, 0.2) is 0 Å². The molecule has 0 saturated heterocycles. The fourth-order valence-corrected chi connectivity index (χ4v) is 2.93. The Hall–Kier alpha value is -1.08. The van der Waals surface area contributed by atoms with Gasteiger partial charge in [0, 0.05) is 5.54 Å². The van der Waals surface area contributed by atoms with Gasteiger partial charge < -0.3 is 5.73 Å². The minimum Gasteiger partial charge on any atom is -0.321 e. The van der Waals surface area contributed by atoms with Crippen LogP contribution in [0.5, 0.6) is 0 Å². The van der Waals surface area contributed by atoms with Crippen LogP contribution in [0.4, 0.5) is 0 Å². The molecule has 1 nitrogen and oxygen atoms in total. The lowest BCUT2D eigenvalue weighted by molar-refractivity contribution is 0.293. The highest BCUT2D eigenvalue weighted by Gasteiger charge is 2.43. The Morgan fingerprint density at radius 2 is 2.07 bits per heavy atom. The predicted octanol–water partition coefficient (Wildman–Crippen LogP) is 2.36. The number of allylic oxidation sites excluding steroid dienone is 1. The highest BCUT2D eigenvalue weighted by atomic mass is 14.8. The molecule has 14 heavy (non-hydrogen) atoms. The van der Waals surface area contributed by atoms with Crippen LogP contribution in [-0.2, 0) is 12.0 Å². The summed E-state index contributed by atoms with van der Waals surface area (Å²) in [5.41, 5.74) is 9.31. The number of hydrogen-bond acceptors (Lipinski definition) is 1. The molecule has 1 aromatic carbocycles. The van der Waals surface area contributed by atoms with Crippen molar-refractivity contribution in [1.29, 1.82) is 0 Å². The molecule has 2 aliphatic carbocycles. The molecular formula is C13H15N. The van der Waals surface area contributed by atoms with E-state index in [1.165, 1.54) is 11.1 Å². The Kier molecular flexibility index (Phi) is 1.59. The first-order valence-electron chi connectivity index (χ1n) is 5.33. The first-order valence-corrected chi connectivity index (χ1v) is 5.33. The van der Waals surface area contributed by atoms with E-state index >= 15 is 0 Å². The topological polar surface area (TPSA) is 26.0 Å². The Morgan fingerprint density at radius 3 is 3.00 bits per heavy atom. The molecule has 0 aromatic heterocycles. The second-order valence-electron chi connectivity index (χ2n) is 4.51. The summed E-state index contributed by atoms with van der Waals surface area (Å²) in [6.45, 7) is 0. The van der Waals surface area contributed by atoms with E-state index in [1.54, 1.807) is 0 Å². The van der Waals surface area contributed by atoms with E-state index in [0.29, 0.717) is 5.92 Å². The van der Waals surface area contributed by atoms with Crippen molar-refractivity contribution in [2.24, 2.45) is 11.7 Å². The summed E-state index contributed by atoms with van der Waals surface area (Å²) in [6, 6.07) is 8.65. The summed E-state index contributed by atoms with van der Waals surface area (Å²) in [7, 11) is 0. The van der Waals surface area contributed by atoms with Crippen LogP contribution in [0.25, 0.3) is 0 Å². The molecular weight excluding hydrogens is 170 g/mol. The molecule has 0 radical (unpaired) electrons. The molecule has 0 heterocycles. The van der Waals surface area contributed by atoms with Crippen LogP contribution in [0.15, 0.2) is 36.4 Å². The van der Waals surface area contributed by atoms with Crippen LogP contribution < -0.4 is 5.73 Å². The fraction of sp³-hybridized carbons (Fsp3) is 0.385. The van der Waals surface area contributed by atoms with E-state index < -0.39 is 0 Å². The van der Waals surface area contributed by atoms with E-state index in [4.69, 9.17) is 5.73 Å². The molecule has 72 valence electrons. The molecule has 0 unspecified atom stereocenters. The van der Waals surface area contributed by atoms with E-state index in [-0.39, 0.29) is 5.54 Å². The third-order valence-corrected chi connectivity index (χ3v) is 3.76. The molecule has 0 aliphatic heterocycles. The van der Waals surface area contributed by atoms with E-state index in [1.807, 2.05) is 0 Å². The van der Waals surface area contributed by atoms with Crippen LogP contribution in [0.2, 0.25) is 0 Å². The zero-order valence-electron chi connectivity index (χ0n) is 8.24. The van der Waals surface area contributed by atoms with Crippen molar-refractivity contribution in [1.82, 2.24) is 0 Å². The Balaban J connectivity index is 2.14. The van der Waals surface area contributed by atoms with Crippen LogP contribution >= 0.6 is 0 Å². The van der Waals surface area contributed by atoms with Gasteiger partial charge in [-0.25, -0.2) is 0 Å². The van der Waals surface area contributed by atoms with Gasteiger partial charge in [0.2, 0.25) is 0 Å². The monoisotopic (exact) mass is 185 g/mol. The van der Waals surface area contributed by atoms with Gasteiger partial charge in [-0.3, -0.25) is 0 Å². The van der Waals surface area contributed by atoms with Gasteiger partial charge in [0.05, 0.1) is 0 Å². The highest BCUT2D eigenvalue weighted by Crippen LogP contribution is 2.45. The zero-order valence-corrected chi connectivity index (χ0v) is 8.24. The Bertz CT molecular complexity index is 394. The first-order chi connectivity index (χ1) is 6.81. The fourth-order valence-electron chi connectivity index (χ4n) is 2.93. The summed E-state index contributed by atoms with van der Waals surface area (Å²) in [6.07, 6.45) is 7.83. The molecule has 2 N–H and O–H groups in total. The van der Waals surface area contributed by atoms with Crippen LogP contribution in [-0.4, -0.2) is 0 Å². The second-order valence-corrected chi connectivity index (χ2v) is 4.51. The van der Waals surface area contributed by atoms with E-state index in [9.17, 15) is 0 Å². The number of rotatable bonds is 0. The second kappa shape index (κ2) is 2.71. The number of benzene rings is 1. The minimum atomic E-state index is -0.0641. The summed E-state index contributed by atoms with van der Waals surface area (Å²) >= 11 is 0. The molecule has 3 rings (SSSR count). The minimum absolute atomic E-state index is 0.0641. The third-order valence-electron chi connectivity index (χ3n) is 3.76. The number of hydrogen-bond donors (Lipinski definition) is 1. The van der Waals surface area contributed by atoms with Crippen molar-refractivity contribution in [2.75, 3.05) is 0 Å². The van der Waals surface area contributed by atoms with Gasteiger partial charge in [-0.1, -0.05) is 36.4 Å². The highest BCUT2D eigenvalue weighted by molar-refractivity contribution is 5.41. The van der Waals surface area contributed by atoms with Gasteiger partial charge >= 0.3 is 0 Å². The maximum Gasteiger partial charge on any atom is 0.0481 e. The van der Waals surface area contributed by atoms with Crippen molar-refractivity contribution < 1.29 is 0 Å². The molecule has 2 atom stereocenters. The van der Waals surface area contributed by atoms with Gasteiger partial charge in [-0.05, 0) is 36.3 Å². The van der Waals surface area contributed by atoms with Crippen molar-refractivity contribution in [3.63, 3.8) is 0 Å². The summed E-state index contributed by atoms with van der Waals surface area (Å²) < 4.78 is 0.